The van der Waals surface area contributed by atoms with Crippen LogP contribution < -0.4 is 0 Å². The van der Waals surface area contributed by atoms with Crippen molar-refractivity contribution in [2.45, 2.75) is 22.2 Å². The van der Waals surface area contributed by atoms with E-state index in [-0.39, 0.29) is 5.75 Å². The highest BCUT2D eigenvalue weighted by atomic mass is 127. The molecule has 0 heterocycles. The van der Waals surface area contributed by atoms with Crippen LogP contribution in [0.1, 0.15) is 13.8 Å². The van der Waals surface area contributed by atoms with Crippen molar-refractivity contribution in [2.24, 2.45) is 0 Å². The van der Waals surface area contributed by atoms with E-state index in [4.69, 9.17) is 16.7 Å². The topological polar surface area (TPSA) is 54.4 Å². The monoisotopic (exact) mass is 312 g/mol. The van der Waals surface area contributed by atoms with Crippen molar-refractivity contribution >= 4 is 44.0 Å². The number of hydrogen-bond donors (Lipinski definition) is 1. The Morgan fingerprint density at radius 1 is 1.73 bits per heavy atom. The van der Waals surface area contributed by atoms with E-state index in [1.807, 2.05) is 0 Å². The Hall–Kier alpha value is 0.930. The SMILES string of the molecule is CCS(=O)(=O)[C@@](Cl)(I)[C@H](C)O. The van der Waals surface area contributed by atoms with E-state index in [0.29, 0.717) is 0 Å². The predicted octanol–water partition coefficient (Wildman–Crippen LogP) is 1.13. The van der Waals surface area contributed by atoms with E-state index < -0.39 is 18.2 Å². The van der Waals surface area contributed by atoms with E-state index in [1.165, 1.54) is 36.4 Å². The lowest BCUT2D eigenvalue weighted by molar-refractivity contribution is 0.204. The summed E-state index contributed by atoms with van der Waals surface area (Å²) < 4.78 is 20.7. The minimum absolute atomic E-state index is 0.0651. The first-order chi connectivity index (χ1) is 4.75. The second-order valence-electron chi connectivity index (χ2n) is 2.14. The van der Waals surface area contributed by atoms with Crippen LogP contribution in [0.25, 0.3) is 0 Å². The van der Waals surface area contributed by atoms with Crippen LogP contribution >= 0.6 is 34.2 Å². The molecule has 0 aliphatic rings. The highest BCUT2D eigenvalue weighted by molar-refractivity contribution is 14.1. The van der Waals surface area contributed by atoms with Crippen molar-refractivity contribution in [1.82, 2.24) is 0 Å². The van der Waals surface area contributed by atoms with Crippen LogP contribution in [0.15, 0.2) is 0 Å². The van der Waals surface area contributed by atoms with Crippen LogP contribution in [-0.4, -0.2) is 27.6 Å². The van der Waals surface area contributed by atoms with Gasteiger partial charge in [-0.2, -0.15) is 0 Å². The van der Waals surface area contributed by atoms with Gasteiger partial charge in [0.2, 0.25) is 2.21 Å². The summed E-state index contributed by atoms with van der Waals surface area (Å²) in [6, 6.07) is 0. The fourth-order valence-electron chi connectivity index (χ4n) is 0.452. The van der Waals surface area contributed by atoms with E-state index in [0.717, 1.165) is 0 Å². The van der Waals surface area contributed by atoms with Crippen LogP contribution in [0.3, 0.4) is 0 Å². The summed E-state index contributed by atoms with van der Waals surface area (Å²) in [6.45, 7) is 2.85. The molecule has 0 unspecified atom stereocenters. The molecule has 0 aliphatic heterocycles. The Labute approximate surface area is 85.2 Å². The van der Waals surface area contributed by atoms with Crippen molar-refractivity contribution in [3.05, 3.63) is 0 Å². The van der Waals surface area contributed by atoms with Crippen LogP contribution in [0.5, 0.6) is 0 Å². The molecule has 68 valence electrons. The summed E-state index contributed by atoms with van der Waals surface area (Å²) in [7, 11) is -3.39. The highest BCUT2D eigenvalue weighted by Gasteiger charge is 2.42. The zero-order chi connectivity index (χ0) is 9.28. The highest BCUT2D eigenvalue weighted by Crippen LogP contribution is 2.35. The summed E-state index contributed by atoms with van der Waals surface area (Å²) in [4.78, 5) is 0. The number of aliphatic hydroxyl groups excluding tert-OH is 1. The summed E-state index contributed by atoms with van der Waals surface area (Å²) in [6.07, 6.45) is -1.07. The summed E-state index contributed by atoms with van der Waals surface area (Å²) >= 11 is 7.15. The largest absolute Gasteiger partial charge is 0.390 e. The van der Waals surface area contributed by atoms with Gasteiger partial charge in [-0.3, -0.25) is 0 Å². The van der Waals surface area contributed by atoms with Crippen molar-refractivity contribution < 1.29 is 13.5 Å². The first-order valence-electron chi connectivity index (χ1n) is 3.04. The predicted molar refractivity (Wildman–Crippen MR) is 53.7 cm³/mol. The molecule has 6 heteroatoms. The smallest absolute Gasteiger partial charge is 0.220 e. The zero-order valence-electron chi connectivity index (χ0n) is 6.21. The molecule has 0 aromatic carbocycles. The van der Waals surface area contributed by atoms with Gasteiger partial charge < -0.3 is 5.11 Å². The summed E-state index contributed by atoms with van der Waals surface area (Å²) in [5, 5.41) is 9.03. The quantitative estimate of drug-likeness (QED) is 0.628. The lowest BCUT2D eigenvalue weighted by Gasteiger charge is -2.22. The van der Waals surface area contributed by atoms with Crippen LogP contribution in [0.2, 0.25) is 0 Å². The fourth-order valence-corrected chi connectivity index (χ4v) is 2.62. The van der Waals surface area contributed by atoms with Gasteiger partial charge >= 0.3 is 0 Å². The Balaban J connectivity index is 4.85. The van der Waals surface area contributed by atoms with Crippen molar-refractivity contribution in [3.8, 4) is 0 Å². The second-order valence-corrected chi connectivity index (χ2v) is 8.48. The van der Waals surface area contributed by atoms with Crippen molar-refractivity contribution in [3.63, 3.8) is 0 Å². The molecule has 0 fully saturated rings. The first-order valence-corrected chi connectivity index (χ1v) is 6.14. The van der Waals surface area contributed by atoms with E-state index in [1.54, 1.807) is 0 Å². The normalized spacial score (nSPS) is 20.8. The van der Waals surface area contributed by atoms with Crippen LogP contribution in [-0.2, 0) is 9.84 Å². The molecule has 3 nitrogen and oxygen atoms in total. The maximum atomic E-state index is 11.2. The van der Waals surface area contributed by atoms with Gasteiger partial charge in [0.15, 0.2) is 9.84 Å². The first kappa shape index (κ1) is 11.9. The number of hydrogen-bond acceptors (Lipinski definition) is 3. The number of alkyl halides is 2. The van der Waals surface area contributed by atoms with E-state index in [2.05, 4.69) is 0 Å². The minimum atomic E-state index is -3.39. The van der Waals surface area contributed by atoms with Gasteiger partial charge in [-0.1, -0.05) is 18.5 Å². The molecule has 0 rings (SSSR count). The molecule has 0 radical (unpaired) electrons. The molecule has 0 bridgehead atoms. The third-order valence-electron chi connectivity index (χ3n) is 1.28. The van der Waals surface area contributed by atoms with Crippen LogP contribution in [0, 0.1) is 0 Å². The average molecular weight is 313 g/mol. The van der Waals surface area contributed by atoms with Gasteiger partial charge in [0, 0.05) is 0 Å². The number of aliphatic hydroxyl groups is 1. The fraction of sp³-hybridized carbons (Fsp3) is 1.00. The lowest BCUT2D eigenvalue weighted by atomic mass is 10.5. The van der Waals surface area contributed by atoms with Gasteiger partial charge in [0.1, 0.15) is 0 Å². The molecule has 0 aliphatic carbocycles. The summed E-state index contributed by atoms with van der Waals surface area (Å²) in [5.74, 6) is -0.0651. The van der Waals surface area contributed by atoms with E-state index in [9.17, 15) is 8.42 Å². The summed E-state index contributed by atoms with van der Waals surface area (Å²) in [5.41, 5.74) is 0. The third-order valence-corrected chi connectivity index (χ3v) is 7.15. The molecule has 1 N–H and O–H groups in total. The molecule has 11 heavy (non-hydrogen) atoms. The zero-order valence-corrected chi connectivity index (χ0v) is 9.94. The molecule has 0 saturated carbocycles. The van der Waals surface area contributed by atoms with E-state index >= 15 is 0 Å². The molecule has 0 aromatic heterocycles. The Morgan fingerprint density at radius 2 is 2.09 bits per heavy atom. The molecule has 2 atom stereocenters. The Bertz CT molecular complexity index is 222. The maximum absolute atomic E-state index is 11.2. The standard InChI is InChI=1S/C5H10ClIO3S/c1-3-11(9,10)5(6,7)4(2)8/h4,8H,3H2,1-2H3/t4-,5-/m0/s1. The van der Waals surface area contributed by atoms with Gasteiger partial charge in [0.05, 0.1) is 11.9 Å². The third kappa shape index (κ3) is 2.43. The number of halogens is 2. The Kier molecular flexibility index (Phi) is 4.08. The molecular formula is C5H10ClIO3S. The average Bonchev–Trinajstić information content (AvgIpc) is 1.87. The Morgan fingerprint density at radius 3 is 2.18 bits per heavy atom. The van der Waals surface area contributed by atoms with Gasteiger partial charge in [-0.15, -0.1) is 0 Å². The molecule has 0 spiro atoms. The molecule has 0 saturated heterocycles. The molecule has 0 amide bonds. The lowest BCUT2D eigenvalue weighted by Crippen LogP contribution is -2.37. The number of sulfone groups is 1. The minimum Gasteiger partial charge on any atom is -0.390 e. The second kappa shape index (κ2) is 3.76. The van der Waals surface area contributed by atoms with Crippen molar-refractivity contribution in [2.75, 3.05) is 5.75 Å². The molecule has 0 aromatic rings. The van der Waals surface area contributed by atoms with Gasteiger partial charge in [-0.25, -0.2) is 8.42 Å². The molecular weight excluding hydrogens is 302 g/mol. The van der Waals surface area contributed by atoms with Crippen LogP contribution in [0.4, 0.5) is 0 Å². The van der Waals surface area contributed by atoms with Gasteiger partial charge in [-0.05, 0) is 29.5 Å². The number of rotatable bonds is 3. The maximum Gasteiger partial charge on any atom is 0.220 e. The van der Waals surface area contributed by atoms with Gasteiger partial charge in [0.25, 0.3) is 0 Å². The van der Waals surface area contributed by atoms with Crippen molar-refractivity contribution in [1.29, 1.82) is 0 Å².